The van der Waals surface area contributed by atoms with Crippen molar-refractivity contribution in [2.45, 2.75) is 32.8 Å². The number of carbonyl (C=O) groups excluding carboxylic acids is 1. The quantitative estimate of drug-likeness (QED) is 0.906. The largest absolute Gasteiger partial charge is 0.477 e. The molecule has 4 heteroatoms. The van der Waals surface area contributed by atoms with E-state index < -0.39 is 0 Å². The molecule has 1 N–H and O–H groups in total. The van der Waals surface area contributed by atoms with Crippen LogP contribution in [0.4, 0.5) is 5.69 Å². The van der Waals surface area contributed by atoms with Crippen LogP contribution in [0.15, 0.2) is 16.6 Å². The summed E-state index contributed by atoms with van der Waals surface area (Å²) in [6.07, 6.45) is 1.22. The Morgan fingerprint density at radius 1 is 1.44 bits per heavy atom. The molecule has 1 amide bonds. The lowest BCUT2D eigenvalue weighted by atomic mass is 10.1. The molecule has 0 aromatic heterocycles. The van der Waals surface area contributed by atoms with Gasteiger partial charge in [0.1, 0.15) is 0 Å². The minimum absolute atomic E-state index is 0.0600. The maximum Gasteiger partial charge on any atom is 0.265 e. The number of hydrogen-bond acceptors (Lipinski definition) is 2. The summed E-state index contributed by atoms with van der Waals surface area (Å²) in [6.45, 7) is 4.01. The van der Waals surface area contributed by atoms with Gasteiger partial charge in [0.15, 0.2) is 11.9 Å². The first-order valence-corrected chi connectivity index (χ1v) is 6.25. The van der Waals surface area contributed by atoms with Crippen LogP contribution in [0.1, 0.15) is 25.8 Å². The van der Waals surface area contributed by atoms with Crippen molar-refractivity contribution >= 4 is 27.5 Å². The summed E-state index contributed by atoms with van der Waals surface area (Å²) in [5.41, 5.74) is 1.94. The number of ether oxygens (including phenoxy) is 1. The summed E-state index contributed by atoms with van der Waals surface area (Å²) in [7, 11) is 0. The van der Waals surface area contributed by atoms with Crippen molar-refractivity contribution in [1.29, 1.82) is 0 Å². The first-order chi connectivity index (χ1) is 7.65. The predicted molar refractivity (Wildman–Crippen MR) is 66.9 cm³/mol. The Balaban J connectivity index is 2.42. The molecule has 0 bridgehead atoms. The van der Waals surface area contributed by atoms with Crippen molar-refractivity contribution in [1.82, 2.24) is 0 Å². The molecule has 0 fully saturated rings. The second-order valence-electron chi connectivity index (χ2n) is 3.81. The Bertz CT molecular complexity index is 431. The van der Waals surface area contributed by atoms with Crippen molar-refractivity contribution in [3.63, 3.8) is 0 Å². The van der Waals surface area contributed by atoms with Gasteiger partial charge in [0.2, 0.25) is 0 Å². The lowest BCUT2D eigenvalue weighted by molar-refractivity contribution is -0.123. The zero-order valence-corrected chi connectivity index (χ0v) is 10.9. The molecule has 16 heavy (non-hydrogen) atoms. The maximum atomic E-state index is 11.6. The van der Waals surface area contributed by atoms with Crippen LogP contribution < -0.4 is 10.1 Å². The number of fused-ring (bicyclic) bond motifs is 1. The molecule has 1 atom stereocenters. The predicted octanol–water partition coefficient (Wildman–Crippen LogP) is 3.12. The van der Waals surface area contributed by atoms with Crippen LogP contribution in [0.25, 0.3) is 0 Å². The zero-order valence-electron chi connectivity index (χ0n) is 9.34. The summed E-state index contributed by atoms with van der Waals surface area (Å²) >= 11 is 3.47. The monoisotopic (exact) mass is 283 g/mol. The molecule has 0 aliphatic carbocycles. The van der Waals surface area contributed by atoms with Gasteiger partial charge in [-0.1, -0.05) is 13.8 Å². The van der Waals surface area contributed by atoms with Crippen LogP contribution in [0.3, 0.4) is 0 Å². The normalized spacial score (nSPS) is 18.7. The van der Waals surface area contributed by atoms with E-state index in [1.165, 1.54) is 5.56 Å². The van der Waals surface area contributed by atoms with Gasteiger partial charge in [0, 0.05) is 0 Å². The molecular weight excluding hydrogens is 270 g/mol. The van der Waals surface area contributed by atoms with Crippen molar-refractivity contribution < 1.29 is 9.53 Å². The van der Waals surface area contributed by atoms with Gasteiger partial charge in [-0.05, 0) is 46.5 Å². The van der Waals surface area contributed by atoms with E-state index in [9.17, 15) is 4.79 Å². The van der Waals surface area contributed by atoms with Gasteiger partial charge >= 0.3 is 0 Å². The van der Waals surface area contributed by atoms with E-state index in [1.54, 1.807) is 0 Å². The summed E-state index contributed by atoms with van der Waals surface area (Å²) in [5.74, 6) is 0.679. The van der Waals surface area contributed by atoms with Gasteiger partial charge in [0.25, 0.3) is 5.91 Å². The number of hydrogen-bond donors (Lipinski definition) is 1. The van der Waals surface area contributed by atoms with E-state index >= 15 is 0 Å². The van der Waals surface area contributed by atoms with Gasteiger partial charge in [-0.2, -0.15) is 0 Å². The third kappa shape index (κ3) is 1.94. The van der Waals surface area contributed by atoms with Gasteiger partial charge in [-0.15, -0.1) is 0 Å². The summed E-state index contributed by atoms with van der Waals surface area (Å²) in [6, 6.07) is 3.99. The van der Waals surface area contributed by atoms with E-state index in [-0.39, 0.29) is 12.0 Å². The van der Waals surface area contributed by atoms with E-state index in [0.717, 1.165) is 22.3 Å². The van der Waals surface area contributed by atoms with Gasteiger partial charge < -0.3 is 10.1 Å². The van der Waals surface area contributed by atoms with E-state index in [4.69, 9.17) is 4.74 Å². The van der Waals surface area contributed by atoms with Crippen LogP contribution in [0, 0.1) is 0 Å². The van der Waals surface area contributed by atoms with Crippen molar-refractivity contribution in [3.05, 3.63) is 22.2 Å². The number of carbonyl (C=O) groups is 1. The molecule has 1 aliphatic rings. The number of anilines is 1. The molecule has 2 rings (SSSR count). The minimum Gasteiger partial charge on any atom is -0.477 e. The summed E-state index contributed by atoms with van der Waals surface area (Å²) in [5, 5.41) is 2.88. The fraction of sp³-hybridized carbons (Fsp3) is 0.417. The molecule has 1 aromatic rings. The number of nitrogens with one attached hydrogen (secondary N) is 1. The van der Waals surface area contributed by atoms with Crippen LogP contribution >= 0.6 is 15.9 Å². The molecule has 1 aliphatic heterocycles. The fourth-order valence-corrected chi connectivity index (χ4v) is 2.35. The first-order valence-electron chi connectivity index (χ1n) is 5.45. The second-order valence-corrected chi connectivity index (χ2v) is 4.67. The third-order valence-electron chi connectivity index (χ3n) is 2.69. The fourth-order valence-electron chi connectivity index (χ4n) is 1.74. The van der Waals surface area contributed by atoms with E-state index in [1.807, 2.05) is 19.1 Å². The standard InChI is InChI=1S/C12H14BrNO2/c1-3-7-5-8(13)11-9(6-7)14-12(15)10(4-2)16-11/h5-6,10H,3-4H2,1-2H3,(H,14,15). The van der Waals surface area contributed by atoms with Crippen molar-refractivity contribution in [2.24, 2.45) is 0 Å². The maximum absolute atomic E-state index is 11.6. The van der Waals surface area contributed by atoms with Crippen molar-refractivity contribution in [3.8, 4) is 5.75 Å². The number of benzene rings is 1. The van der Waals surface area contributed by atoms with E-state index in [0.29, 0.717) is 6.42 Å². The number of amides is 1. The molecule has 0 saturated heterocycles. The Kier molecular flexibility index (Phi) is 3.19. The highest BCUT2D eigenvalue weighted by atomic mass is 79.9. The first kappa shape index (κ1) is 11.5. The molecule has 1 aromatic carbocycles. The molecule has 1 unspecified atom stereocenters. The highest BCUT2D eigenvalue weighted by molar-refractivity contribution is 9.10. The van der Waals surface area contributed by atoms with E-state index in [2.05, 4.69) is 28.2 Å². The molecule has 0 radical (unpaired) electrons. The summed E-state index contributed by atoms with van der Waals surface area (Å²) < 4.78 is 6.57. The number of rotatable bonds is 2. The Morgan fingerprint density at radius 3 is 2.81 bits per heavy atom. The highest BCUT2D eigenvalue weighted by Crippen LogP contribution is 2.38. The van der Waals surface area contributed by atoms with Gasteiger partial charge in [-0.25, -0.2) is 0 Å². The van der Waals surface area contributed by atoms with Crippen LogP contribution in [0.2, 0.25) is 0 Å². The smallest absolute Gasteiger partial charge is 0.265 e. The highest BCUT2D eigenvalue weighted by Gasteiger charge is 2.27. The summed E-state index contributed by atoms with van der Waals surface area (Å²) in [4.78, 5) is 11.6. The Labute approximate surface area is 103 Å². The Morgan fingerprint density at radius 2 is 2.19 bits per heavy atom. The van der Waals surface area contributed by atoms with Crippen LogP contribution in [-0.2, 0) is 11.2 Å². The average Bonchev–Trinajstić information content (AvgIpc) is 2.28. The lowest BCUT2D eigenvalue weighted by Crippen LogP contribution is -2.36. The van der Waals surface area contributed by atoms with Crippen molar-refractivity contribution in [2.75, 3.05) is 5.32 Å². The van der Waals surface area contributed by atoms with Crippen LogP contribution in [-0.4, -0.2) is 12.0 Å². The third-order valence-corrected chi connectivity index (χ3v) is 3.28. The molecule has 3 nitrogen and oxygen atoms in total. The minimum atomic E-state index is -0.378. The topological polar surface area (TPSA) is 38.3 Å². The number of halogens is 1. The molecular formula is C12H14BrNO2. The van der Waals surface area contributed by atoms with Gasteiger partial charge in [0.05, 0.1) is 10.2 Å². The number of aryl methyl sites for hydroxylation is 1. The second kappa shape index (κ2) is 4.45. The molecule has 86 valence electrons. The zero-order chi connectivity index (χ0) is 11.7. The molecule has 0 spiro atoms. The van der Waals surface area contributed by atoms with Crippen LogP contribution in [0.5, 0.6) is 5.75 Å². The molecule has 1 heterocycles. The lowest BCUT2D eigenvalue weighted by Gasteiger charge is -2.26. The Hall–Kier alpha value is -1.03. The van der Waals surface area contributed by atoms with Gasteiger partial charge in [-0.3, -0.25) is 4.79 Å². The molecule has 0 saturated carbocycles. The average molecular weight is 284 g/mol. The SMILES string of the molecule is CCc1cc(Br)c2c(c1)NC(=O)C(CC)O2.